The van der Waals surface area contributed by atoms with Crippen LogP contribution < -0.4 is 5.32 Å². The zero-order chi connectivity index (χ0) is 22.5. The summed E-state index contributed by atoms with van der Waals surface area (Å²) in [6, 6.07) is 12.4. The van der Waals surface area contributed by atoms with Crippen LogP contribution in [0.1, 0.15) is 62.6 Å². The highest BCUT2D eigenvalue weighted by molar-refractivity contribution is 5.96. The molecule has 1 heterocycles. The first-order valence-corrected chi connectivity index (χ1v) is 11.5. The van der Waals surface area contributed by atoms with Crippen molar-refractivity contribution in [2.75, 3.05) is 6.54 Å². The van der Waals surface area contributed by atoms with Crippen molar-refractivity contribution in [3.05, 3.63) is 65.5 Å². The molecule has 2 aliphatic carbocycles. The molecule has 2 N–H and O–H groups in total. The van der Waals surface area contributed by atoms with Crippen molar-refractivity contribution in [1.29, 1.82) is 0 Å². The number of benzene rings is 2. The Kier molecular flexibility index (Phi) is 4.99. The predicted molar refractivity (Wildman–Crippen MR) is 118 cm³/mol. The summed E-state index contributed by atoms with van der Waals surface area (Å²) in [7, 11) is 0. The summed E-state index contributed by atoms with van der Waals surface area (Å²) in [6.07, 6.45) is 4.82. The van der Waals surface area contributed by atoms with Crippen LogP contribution in [0.2, 0.25) is 0 Å². The monoisotopic (exact) mass is 436 g/mol. The smallest absolute Gasteiger partial charge is 0.243 e. The van der Waals surface area contributed by atoms with Gasteiger partial charge in [-0.15, -0.1) is 0 Å². The van der Waals surface area contributed by atoms with Crippen LogP contribution in [0, 0.1) is 11.2 Å². The van der Waals surface area contributed by atoms with E-state index >= 15 is 0 Å². The number of phenols is 1. The van der Waals surface area contributed by atoms with Gasteiger partial charge < -0.3 is 15.3 Å². The number of aromatic hydroxyl groups is 1. The third kappa shape index (κ3) is 3.55. The molecule has 32 heavy (non-hydrogen) atoms. The molecule has 1 spiro atoms. The SMILES string of the molecule is CCC(NC(=O)[C@H]1CC2(CC2)CN1C(=O)C1(c2ccc(O)cc2)CC1)c1ccccc1F. The Balaban J connectivity index is 1.38. The molecule has 2 amide bonds. The summed E-state index contributed by atoms with van der Waals surface area (Å²) in [4.78, 5) is 28.9. The van der Waals surface area contributed by atoms with Gasteiger partial charge in [-0.1, -0.05) is 37.3 Å². The summed E-state index contributed by atoms with van der Waals surface area (Å²) in [5.41, 5.74) is 0.835. The quantitative estimate of drug-likeness (QED) is 0.713. The van der Waals surface area contributed by atoms with Gasteiger partial charge in [-0.25, -0.2) is 4.39 Å². The van der Waals surface area contributed by atoms with E-state index in [0.717, 1.165) is 31.2 Å². The van der Waals surface area contributed by atoms with Crippen LogP contribution in [0.4, 0.5) is 4.39 Å². The molecule has 6 heteroatoms. The molecule has 2 saturated carbocycles. The number of amides is 2. The molecule has 2 aromatic carbocycles. The maximum Gasteiger partial charge on any atom is 0.243 e. The lowest BCUT2D eigenvalue weighted by Gasteiger charge is -2.30. The third-order valence-electron chi connectivity index (χ3n) is 7.61. The molecule has 1 aliphatic heterocycles. The average molecular weight is 437 g/mol. The van der Waals surface area contributed by atoms with Gasteiger partial charge in [0.05, 0.1) is 11.5 Å². The molecule has 1 unspecified atom stereocenters. The minimum absolute atomic E-state index is 0.00561. The number of nitrogens with zero attached hydrogens (tertiary/aromatic N) is 1. The first kappa shape index (κ1) is 21.0. The molecule has 3 fully saturated rings. The van der Waals surface area contributed by atoms with Crippen molar-refractivity contribution in [2.24, 2.45) is 5.41 Å². The molecule has 5 rings (SSSR count). The fraction of sp³-hybridized carbons (Fsp3) is 0.462. The van der Waals surface area contributed by atoms with Gasteiger partial charge in [0.15, 0.2) is 0 Å². The Morgan fingerprint density at radius 1 is 1.12 bits per heavy atom. The summed E-state index contributed by atoms with van der Waals surface area (Å²) in [5, 5.41) is 12.7. The summed E-state index contributed by atoms with van der Waals surface area (Å²) in [6.45, 7) is 2.53. The van der Waals surface area contributed by atoms with Gasteiger partial charge in [0.25, 0.3) is 0 Å². The molecule has 2 atom stereocenters. The standard InChI is InChI=1S/C26H29FN2O3/c1-2-21(19-5-3-4-6-20(19)27)28-23(31)22-15-25(11-12-25)16-29(22)24(32)26(13-14-26)17-7-9-18(30)10-8-17/h3-10,21-22,30H,2,11-16H2,1H3,(H,28,31)/t21?,22-/m1/s1. The fourth-order valence-corrected chi connectivity index (χ4v) is 5.27. The molecule has 0 bridgehead atoms. The van der Waals surface area contributed by atoms with Crippen molar-refractivity contribution in [3.63, 3.8) is 0 Å². The summed E-state index contributed by atoms with van der Waals surface area (Å²) >= 11 is 0. The first-order chi connectivity index (χ1) is 15.4. The van der Waals surface area contributed by atoms with Gasteiger partial charge in [0.1, 0.15) is 17.6 Å². The van der Waals surface area contributed by atoms with E-state index in [1.54, 1.807) is 35.2 Å². The predicted octanol–water partition coefficient (Wildman–Crippen LogP) is 4.21. The van der Waals surface area contributed by atoms with Crippen LogP contribution in [0.15, 0.2) is 48.5 Å². The van der Waals surface area contributed by atoms with Crippen LogP contribution in [-0.2, 0) is 15.0 Å². The minimum Gasteiger partial charge on any atom is -0.508 e. The van der Waals surface area contributed by atoms with Gasteiger partial charge in [-0.3, -0.25) is 9.59 Å². The second-order valence-corrected chi connectivity index (χ2v) is 9.77. The Labute approximate surface area is 187 Å². The number of nitrogens with one attached hydrogen (secondary N) is 1. The van der Waals surface area contributed by atoms with Crippen LogP contribution in [0.3, 0.4) is 0 Å². The van der Waals surface area contributed by atoms with Crippen molar-refractivity contribution >= 4 is 11.8 Å². The van der Waals surface area contributed by atoms with Gasteiger partial charge in [-0.05, 0) is 67.7 Å². The molecule has 0 radical (unpaired) electrons. The van der Waals surface area contributed by atoms with Crippen molar-refractivity contribution in [1.82, 2.24) is 10.2 Å². The molecule has 2 aromatic rings. The molecule has 168 valence electrons. The van der Waals surface area contributed by atoms with E-state index < -0.39 is 17.5 Å². The Morgan fingerprint density at radius 3 is 2.41 bits per heavy atom. The van der Waals surface area contributed by atoms with Crippen LogP contribution in [0.5, 0.6) is 5.75 Å². The molecule has 0 aromatic heterocycles. The second-order valence-electron chi connectivity index (χ2n) is 9.77. The number of hydrogen-bond acceptors (Lipinski definition) is 3. The van der Waals surface area contributed by atoms with Crippen molar-refractivity contribution in [2.45, 2.75) is 62.9 Å². The largest absolute Gasteiger partial charge is 0.508 e. The lowest BCUT2D eigenvalue weighted by atomic mass is 9.93. The van der Waals surface area contributed by atoms with E-state index in [-0.39, 0.29) is 28.8 Å². The van der Waals surface area contributed by atoms with E-state index in [1.165, 1.54) is 6.07 Å². The van der Waals surface area contributed by atoms with Crippen molar-refractivity contribution in [3.8, 4) is 5.75 Å². The summed E-state index contributed by atoms with van der Waals surface area (Å²) in [5.74, 6) is -0.349. The van der Waals surface area contributed by atoms with Crippen LogP contribution >= 0.6 is 0 Å². The number of hydrogen-bond donors (Lipinski definition) is 2. The average Bonchev–Trinajstić information content (AvgIpc) is 3.70. The van der Waals surface area contributed by atoms with E-state index in [0.29, 0.717) is 24.9 Å². The molecule has 3 aliphatic rings. The zero-order valence-corrected chi connectivity index (χ0v) is 18.3. The molecular formula is C26H29FN2O3. The Bertz CT molecular complexity index is 1040. The number of halogens is 1. The number of likely N-dealkylation sites (tertiary alicyclic amines) is 1. The van der Waals surface area contributed by atoms with Gasteiger partial charge >= 0.3 is 0 Å². The number of carbonyl (C=O) groups excluding carboxylic acids is 2. The molecular weight excluding hydrogens is 407 g/mol. The lowest BCUT2D eigenvalue weighted by molar-refractivity contribution is -0.140. The van der Waals surface area contributed by atoms with Gasteiger partial charge in [0, 0.05) is 12.1 Å². The van der Waals surface area contributed by atoms with E-state index in [2.05, 4.69) is 5.32 Å². The van der Waals surface area contributed by atoms with E-state index in [9.17, 15) is 19.1 Å². The topological polar surface area (TPSA) is 69.6 Å². The normalized spacial score (nSPS) is 23.1. The molecule has 1 saturated heterocycles. The number of carbonyl (C=O) groups is 2. The van der Waals surface area contributed by atoms with Crippen LogP contribution in [0.25, 0.3) is 0 Å². The first-order valence-electron chi connectivity index (χ1n) is 11.5. The lowest BCUT2D eigenvalue weighted by Crippen LogP contribution is -2.50. The highest BCUT2D eigenvalue weighted by atomic mass is 19.1. The van der Waals surface area contributed by atoms with E-state index in [1.807, 2.05) is 19.1 Å². The van der Waals surface area contributed by atoms with Crippen molar-refractivity contribution < 1.29 is 19.1 Å². The van der Waals surface area contributed by atoms with Gasteiger partial charge in [-0.2, -0.15) is 0 Å². The van der Waals surface area contributed by atoms with Gasteiger partial charge in [0.2, 0.25) is 11.8 Å². The fourth-order valence-electron chi connectivity index (χ4n) is 5.27. The maximum atomic E-state index is 14.3. The number of phenolic OH excluding ortho intramolecular Hbond substituents is 1. The minimum atomic E-state index is -0.595. The maximum absolute atomic E-state index is 14.3. The highest BCUT2D eigenvalue weighted by Crippen LogP contribution is 2.57. The Hall–Kier alpha value is -2.89. The van der Waals surface area contributed by atoms with E-state index in [4.69, 9.17) is 0 Å². The Morgan fingerprint density at radius 2 is 1.81 bits per heavy atom. The second kappa shape index (κ2) is 7.61. The number of rotatable bonds is 6. The molecule has 5 nitrogen and oxygen atoms in total. The zero-order valence-electron chi connectivity index (χ0n) is 18.3. The van der Waals surface area contributed by atoms with Crippen LogP contribution in [-0.4, -0.2) is 34.4 Å². The third-order valence-corrected chi connectivity index (χ3v) is 7.61. The summed E-state index contributed by atoms with van der Waals surface area (Å²) < 4.78 is 14.3. The highest BCUT2D eigenvalue weighted by Gasteiger charge is 2.61.